The standard InChI is InChI=1S/C16H24FNO3/c1-4-8-16(20,9-5-2)11-18-15(19)12-6-7-14(21-3)13(17)10-12/h6-7,10,20H,4-5,8-9,11H2,1-3H3,(H,18,19). The summed E-state index contributed by atoms with van der Waals surface area (Å²) in [6.07, 6.45) is 2.92. The minimum atomic E-state index is -0.899. The molecule has 0 saturated carbocycles. The van der Waals surface area contributed by atoms with Crippen LogP contribution in [0.3, 0.4) is 0 Å². The van der Waals surface area contributed by atoms with Crippen LogP contribution in [0.15, 0.2) is 18.2 Å². The maximum atomic E-state index is 13.6. The van der Waals surface area contributed by atoms with Crippen molar-refractivity contribution >= 4 is 5.91 Å². The highest BCUT2D eigenvalue weighted by Gasteiger charge is 2.25. The first-order valence-electron chi connectivity index (χ1n) is 7.30. The van der Waals surface area contributed by atoms with Gasteiger partial charge >= 0.3 is 0 Å². The number of hydrogen-bond acceptors (Lipinski definition) is 3. The van der Waals surface area contributed by atoms with Crippen LogP contribution in [-0.2, 0) is 0 Å². The first-order chi connectivity index (χ1) is 9.95. The average Bonchev–Trinajstić information content (AvgIpc) is 2.45. The number of rotatable bonds is 8. The van der Waals surface area contributed by atoms with Gasteiger partial charge in [-0.2, -0.15) is 0 Å². The molecular formula is C16H24FNO3. The van der Waals surface area contributed by atoms with Gasteiger partial charge in [0.25, 0.3) is 5.91 Å². The molecule has 4 nitrogen and oxygen atoms in total. The highest BCUT2D eigenvalue weighted by molar-refractivity contribution is 5.94. The van der Waals surface area contributed by atoms with E-state index in [9.17, 15) is 14.3 Å². The van der Waals surface area contributed by atoms with Crippen LogP contribution in [0.25, 0.3) is 0 Å². The number of halogens is 1. The SMILES string of the molecule is CCCC(O)(CCC)CNC(=O)c1ccc(OC)c(F)c1. The summed E-state index contributed by atoms with van der Waals surface area (Å²) in [5.41, 5.74) is -0.687. The first-order valence-corrected chi connectivity index (χ1v) is 7.30. The number of methoxy groups -OCH3 is 1. The van der Waals surface area contributed by atoms with Gasteiger partial charge in [-0.25, -0.2) is 4.39 Å². The van der Waals surface area contributed by atoms with Gasteiger partial charge in [0.05, 0.1) is 12.7 Å². The predicted molar refractivity (Wildman–Crippen MR) is 80.1 cm³/mol. The lowest BCUT2D eigenvalue weighted by atomic mass is 9.92. The van der Waals surface area contributed by atoms with Crippen molar-refractivity contribution in [1.29, 1.82) is 0 Å². The summed E-state index contributed by atoms with van der Waals surface area (Å²) in [6.45, 7) is 4.14. The molecule has 2 N–H and O–H groups in total. The van der Waals surface area contributed by atoms with Crippen molar-refractivity contribution in [1.82, 2.24) is 5.32 Å². The molecule has 0 bridgehead atoms. The van der Waals surface area contributed by atoms with Gasteiger partial charge in [0.2, 0.25) is 0 Å². The lowest BCUT2D eigenvalue weighted by molar-refractivity contribution is 0.0213. The summed E-state index contributed by atoms with van der Waals surface area (Å²) in [6, 6.07) is 4.04. The molecule has 0 unspecified atom stereocenters. The van der Waals surface area contributed by atoms with E-state index in [1.54, 1.807) is 0 Å². The summed E-state index contributed by atoms with van der Waals surface area (Å²) in [4.78, 5) is 12.0. The van der Waals surface area contributed by atoms with Gasteiger partial charge < -0.3 is 15.2 Å². The number of carbonyl (C=O) groups excluding carboxylic acids is 1. The third-order valence-electron chi connectivity index (χ3n) is 3.42. The molecule has 21 heavy (non-hydrogen) atoms. The second kappa shape index (κ2) is 7.98. The smallest absolute Gasteiger partial charge is 0.251 e. The van der Waals surface area contributed by atoms with Crippen LogP contribution in [0.1, 0.15) is 49.9 Å². The zero-order valence-corrected chi connectivity index (χ0v) is 12.9. The molecule has 1 amide bonds. The molecule has 0 spiro atoms. The molecule has 0 fully saturated rings. The highest BCUT2D eigenvalue weighted by atomic mass is 19.1. The fraction of sp³-hybridized carbons (Fsp3) is 0.562. The summed E-state index contributed by atoms with van der Waals surface area (Å²) in [7, 11) is 1.37. The zero-order chi connectivity index (χ0) is 15.9. The predicted octanol–water partition coefficient (Wildman–Crippen LogP) is 2.90. The van der Waals surface area contributed by atoms with Gasteiger partial charge in [-0.1, -0.05) is 26.7 Å². The van der Waals surface area contributed by atoms with Gasteiger partial charge in [0, 0.05) is 12.1 Å². The summed E-state index contributed by atoms with van der Waals surface area (Å²) in [5, 5.41) is 13.1. The Balaban J connectivity index is 2.70. The number of ether oxygens (including phenoxy) is 1. The molecule has 0 saturated heterocycles. The molecule has 118 valence electrons. The molecule has 0 aliphatic rings. The van der Waals surface area contributed by atoms with E-state index in [0.29, 0.717) is 12.8 Å². The maximum absolute atomic E-state index is 13.6. The lowest BCUT2D eigenvalue weighted by Gasteiger charge is -2.27. The van der Waals surface area contributed by atoms with Crippen molar-refractivity contribution in [2.24, 2.45) is 0 Å². The zero-order valence-electron chi connectivity index (χ0n) is 12.9. The quantitative estimate of drug-likeness (QED) is 0.775. The second-order valence-corrected chi connectivity index (χ2v) is 5.26. The van der Waals surface area contributed by atoms with E-state index in [0.717, 1.165) is 18.9 Å². The summed E-state index contributed by atoms with van der Waals surface area (Å²) >= 11 is 0. The highest BCUT2D eigenvalue weighted by Crippen LogP contribution is 2.20. The molecule has 0 aliphatic heterocycles. The number of aliphatic hydroxyl groups is 1. The third-order valence-corrected chi connectivity index (χ3v) is 3.42. The molecule has 0 radical (unpaired) electrons. The Morgan fingerprint density at radius 2 is 1.95 bits per heavy atom. The minimum Gasteiger partial charge on any atom is -0.494 e. The van der Waals surface area contributed by atoms with E-state index in [4.69, 9.17) is 4.74 Å². The fourth-order valence-corrected chi connectivity index (χ4v) is 2.39. The van der Waals surface area contributed by atoms with E-state index in [1.165, 1.54) is 19.2 Å². The Bertz CT molecular complexity index is 471. The van der Waals surface area contributed by atoms with Gasteiger partial charge in [-0.3, -0.25) is 4.79 Å². The van der Waals surface area contributed by atoms with Crippen LogP contribution in [0.4, 0.5) is 4.39 Å². The molecule has 5 heteroatoms. The van der Waals surface area contributed by atoms with Gasteiger partial charge in [-0.05, 0) is 31.0 Å². The number of carbonyl (C=O) groups is 1. The van der Waals surface area contributed by atoms with E-state index in [2.05, 4.69) is 5.32 Å². The van der Waals surface area contributed by atoms with Gasteiger partial charge in [0.15, 0.2) is 11.6 Å². The van der Waals surface area contributed by atoms with Crippen molar-refractivity contribution in [3.63, 3.8) is 0 Å². The number of amides is 1. The molecule has 0 atom stereocenters. The van der Waals surface area contributed by atoms with Crippen LogP contribution >= 0.6 is 0 Å². The Kier molecular flexibility index (Phi) is 6.62. The number of benzene rings is 1. The van der Waals surface area contributed by atoms with Crippen molar-refractivity contribution in [2.75, 3.05) is 13.7 Å². The number of hydrogen-bond donors (Lipinski definition) is 2. The van der Waals surface area contributed by atoms with Crippen molar-refractivity contribution in [2.45, 2.75) is 45.1 Å². The van der Waals surface area contributed by atoms with Crippen LogP contribution in [0.5, 0.6) is 5.75 Å². The second-order valence-electron chi connectivity index (χ2n) is 5.26. The van der Waals surface area contributed by atoms with E-state index < -0.39 is 17.3 Å². The van der Waals surface area contributed by atoms with E-state index in [-0.39, 0.29) is 17.9 Å². The third kappa shape index (κ3) is 5.01. The number of nitrogens with one attached hydrogen (secondary N) is 1. The Morgan fingerprint density at radius 1 is 1.33 bits per heavy atom. The van der Waals surface area contributed by atoms with Crippen molar-refractivity contribution in [3.8, 4) is 5.75 Å². The molecular weight excluding hydrogens is 273 g/mol. The van der Waals surface area contributed by atoms with E-state index in [1.807, 2.05) is 13.8 Å². The van der Waals surface area contributed by atoms with Crippen molar-refractivity contribution < 1.29 is 19.0 Å². The molecule has 1 aromatic rings. The van der Waals surface area contributed by atoms with Crippen LogP contribution < -0.4 is 10.1 Å². The maximum Gasteiger partial charge on any atom is 0.251 e. The lowest BCUT2D eigenvalue weighted by Crippen LogP contribution is -2.42. The Hall–Kier alpha value is -1.62. The minimum absolute atomic E-state index is 0.0972. The molecule has 0 aliphatic carbocycles. The van der Waals surface area contributed by atoms with Crippen LogP contribution in [0.2, 0.25) is 0 Å². The average molecular weight is 297 g/mol. The first kappa shape index (κ1) is 17.4. The largest absolute Gasteiger partial charge is 0.494 e. The fourth-order valence-electron chi connectivity index (χ4n) is 2.39. The van der Waals surface area contributed by atoms with Crippen LogP contribution in [-0.4, -0.2) is 30.3 Å². The topological polar surface area (TPSA) is 58.6 Å². The molecule has 0 heterocycles. The van der Waals surface area contributed by atoms with Crippen LogP contribution in [0, 0.1) is 5.82 Å². The monoisotopic (exact) mass is 297 g/mol. The van der Waals surface area contributed by atoms with Crippen molar-refractivity contribution in [3.05, 3.63) is 29.6 Å². The Morgan fingerprint density at radius 3 is 2.43 bits per heavy atom. The summed E-state index contributed by atoms with van der Waals surface area (Å²) in [5.74, 6) is -0.885. The molecule has 1 aromatic carbocycles. The Labute approximate surface area is 125 Å². The van der Waals surface area contributed by atoms with Gasteiger partial charge in [-0.15, -0.1) is 0 Å². The normalized spacial score (nSPS) is 11.3. The summed E-state index contributed by atoms with van der Waals surface area (Å²) < 4.78 is 18.4. The molecule has 1 rings (SSSR count). The molecule has 0 aromatic heterocycles. The van der Waals surface area contributed by atoms with Gasteiger partial charge in [0.1, 0.15) is 0 Å². The van der Waals surface area contributed by atoms with E-state index >= 15 is 0 Å².